The number of aromatic nitrogens is 2. The van der Waals surface area contributed by atoms with Crippen LogP contribution in [0, 0.1) is 18.6 Å². The van der Waals surface area contributed by atoms with E-state index < -0.39 is 17.7 Å². The number of carbonyl (C=O) groups is 1. The average molecular weight is 324 g/mol. The molecular weight excluding hydrogens is 306 g/mol. The first-order chi connectivity index (χ1) is 10.9. The van der Waals surface area contributed by atoms with Crippen molar-refractivity contribution in [1.29, 1.82) is 0 Å². The lowest BCUT2D eigenvalue weighted by molar-refractivity contribution is 0.249. The van der Waals surface area contributed by atoms with E-state index in [1.807, 2.05) is 13.0 Å². The zero-order chi connectivity index (χ0) is 17.0. The van der Waals surface area contributed by atoms with Gasteiger partial charge in [0.05, 0.1) is 18.5 Å². The Kier molecular flexibility index (Phi) is 5.15. The van der Waals surface area contributed by atoms with Crippen LogP contribution in [0.5, 0.6) is 5.75 Å². The first kappa shape index (κ1) is 16.7. The highest BCUT2D eigenvalue weighted by molar-refractivity contribution is 5.89. The van der Waals surface area contributed by atoms with Crippen LogP contribution in [0.25, 0.3) is 0 Å². The maximum absolute atomic E-state index is 13.8. The normalized spacial score (nSPS) is 11.9. The number of ether oxygens (including phenoxy) is 1. The summed E-state index contributed by atoms with van der Waals surface area (Å²) in [6.45, 7) is 3.66. The Hall–Kier alpha value is -2.64. The van der Waals surface area contributed by atoms with E-state index in [4.69, 9.17) is 0 Å². The summed E-state index contributed by atoms with van der Waals surface area (Å²) in [6, 6.07) is 2.75. The molecule has 0 saturated carbocycles. The number of urea groups is 1. The summed E-state index contributed by atoms with van der Waals surface area (Å²) in [6.07, 6.45) is 0.511. The van der Waals surface area contributed by atoms with E-state index in [2.05, 4.69) is 25.6 Å². The molecule has 2 amide bonds. The number of hydrogen-bond acceptors (Lipinski definition) is 3. The number of anilines is 1. The Bertz CT molecular complexity index is 703. The lowest BCUT2D eigenvalue weighted by atomic mass is 10.2. The third kappa shape index (κ3) is 4.41. The topological polar surface area (TPSA) is 79.0 Å². The van der Waals surface area contributed by atoms with Gasteiger partial charge >= 0.3 is 6.03 Å². The summed E-state index contributed by atoms with van der Waals surface area (Å²) in [7, 11) is 1.23. The second kappa shape index (κ2) is 7.08. The van der Waals surface area contributed by atoms with Crippen molar-refractivity contribution in [2.45, 2.75) is 26.3 Å². The van der Waals surface area contributed by atoms with Crippen LogP contribution in [0.2, 0.25) is 0 Å². The molecule has 1 heterocycles. The summed E-state index contributed by atoms with van der Waals surface area (Å²) >= 11 is 0. The first-order valence-corrected chi connectivity index (χ1v) is 7.00. The molecule has 23 heavy (non-hydrogen) atoms. The Morgan fingerprint density at radius 1 is 1.35 bits per heavy atom. The number of benzene rings is 1. The molecule has 0 saturated heterocycles. The molecule has 1 aromatic heterocycles. The molecule has 0 aliphatic heterocycles. The summed E-state index contributed by atoms with van der Waals surface area (Å²) in [5.41, 5.74) is 1.47. The third-order valence-electron chi connectivity index (χ3n) is 3.14. The molecule has 3 N–H and O–H groups in total. The third-order valence-corrected chi connectivity index (χ3v) is 3.14. The van der Waals surface area contributed by atoms with Crippen LogP contribution in [0.4, 0.5) is 19.3 Å². The monoisotopic (exact) mass is 324 g/mol. The van der Waals surface area contributed by atoms with Gasteiger partial charge in [-0.05, 0) is 19.9 Å². The number of aromatic amines is 1. The van der Waals surface area contributed by atoms with Crippen molar-refractivity contribution in [3.05, 3.63) is 41.2 Å². The number of nitrogens with one attached hydrogen (secondary N) is 3. The van der Waals surface area contributed by atoms with Crippen LogP contribution in [0.1, 0.15) is 18.3 Å². The van der Waals surface area contributed by atoms with E-state index in [0.29, 0.717) is 6.42 Å². The summed E-state index contributed by atoms with van der Waals surface area (Å²) in [4.78, 5) is 11.9. The lowest BCUT2D eigenvalue weighted by Gasteiger charge is -2.14. The Morgan fingerprint density at radius 2 is 2.09 bits per heavy atom. The first-order valence-electron chi connectivity index (χ1n) is 7.00. The molecule has 6 nitrogen and oxygen atoms in total. The van der Waals surface area contributed by atoms with Crippen molar-refractivity contribution in [1.82, 2.24) is 15.5 Å². The summed E-state index contributed by atoms with van der Waals surface area (Å²) in [5, 5.41) is 11.8. The van der Waals surface area contributed by atoms with Crippen molar-refractivity contribution < 1.29 is 18.3 Å². The van der Waals surface area contributed by atoms with Crippen LogP contribution in [-0.4, -0.2) is 29.4 Å². The molecule has 0 unspecified atom stereocenters. The zero-order valence-electron chi connectivity index (χ0n) is 13.0. The minimum Gasteiger partial charge on any atom is -0.494 e. The number of hydrogen-bond donors (Lipinski definition) is 3. The lowest BCUT2D eigenvalue weighted by Crippen LogP contribution is -2.37. The molecule has 8 heteroatoms. The smallest absolute Gasteiger partial charge is 0.319 e. The van der Waals surface area contributed by atoms with Crippen LogP contribution in [0.3, 0.4) is 0 Å². The SMILES string of the molecule is COc1cc(F)c(NC(=O)N[C@@H](C)Cc2cc(C)[nH]n2)cc1F. The van der Waals surface area contributed by atoms with Gasteiger partial charge in [-0.15, -0.1) is 0 Å². The highest BCUT2D eigenvalue weighted by Crippen LogP contribution is 2.24. The minimum absolute atomic E-state index is 0.226. The highest BCUT2D eigenvalue weighted by atomic mass is 19.1. The van der Waals surface area contributed by atoms with Gasteiger partial charge in [0.2, 0.25) is 0 Å². The number of H-pyrrole nitrogens is 1. The number of aryl methyl sites for hydroxylation is 1. The molecule has 0 aliphatic carbocycles. The highest BCUT2D eigenvalue weighted by Gasteiger charge is 2.14. The van der Waals surface area contributed by atoms with Crippen molar-refractivity contribution >= 4 is 11.7 Å². The number of methoxy groups -OCH3 is 1. The van der Waals surface area contributed by atoms with Crippen molar-refractivity contribution in [3.8, 4) is 5.75 Å². The van der Waals surface area contributed by atoms with E-state index in [9.17, 15) is 13.6 Å². The van der Waals surface area contributed by atoms with E-state index in [1.165, 1.54) is 7.11 Å². The largest absolute Gasteiger partial charge is 0.494 e. The Morgan fingerprint density at radius 3 is 2.70 bits per heavy atom. The van der Waals surface area contributed by atoms with Gasteiger partial charge in [0.15, 0.2) is 17.4 Å². The summed E-state index contributed by atoms with van der Waals surface area (Å²) in [5.74, 6) is -1.77. The fourth-order valence-electron chi connectivity index (χ4n) is 2.11. The maximum Gasteiger partial charge on any atom is 0.319 e. The van der Waals surface area contributed by atoms with Crippen LogP contribution in [0.15, 0.2) is 18.2 Å². The summed E-state index contributed by atoms with van der Waals surface area (Å²) < 4.78 is 32.0. The van der Waals surface area contributed by atoms with Crippen LogP contribution < -0.4 is 15.4 Å². The van der Waals surface area contributed by atoms with Gasteiger partial charge in [0.1, 0.15) is 0 Å². The number of nitrogens with zero attached hydrogens (tertiary/aromatic N) is 1. The number of amides is 2. The molecule has 1 atom stereocenters. The van der Waals surface area contributed by atoms with Crippen molar-refractivity contribution in [2.75, 3.05) is 12.4 Å². The molecule has 2 rings (SSSR count). The number of rotatable bonds is 5. The van der Waals surface area contributed by atoms with Crippen LogP contribution in [-0.2, 0) is 6.42 Å². The Balaban J connectivity index is 1.95. The number of carbonyl (C=O) groups excluding carboxylic acids is 1. The molecule has 124 valence electrons. The van der Waals surface area contributed by atoms with E-state index in [1.54, 1.807) is 6.92 Å². The van der Waals surface area contributed by atoms with E-state index in [0.717, 1.165) is 23.5 Å². The quantitative estimate of drug-likeness (QED) is 0.791. The van der Waals surface area contributed by atoms with Gasteiger partial charge in [0.25, 0.3) is 0 Å². The minimum atomic E-state index is -0.783. The van der Waals surface area contributed by atoms with Gasteiger partial charge < -0.3 is 15.4 Å². The van der Waals surface area contributed by atoms with Gasteiger partial charge in [-0.1, -0.05) is 0 Å². The van der Waals surface area contributed by atoms with Gasteiger partial charge in [-0.3, -0.25) is 5.10 Å². The fraction of sp³-hybridized carbons (Fsp3) is 0.333. The molecule has 0 aliphatic rings. The van der Waals surface area contributed by atoms with Crippen molar-refractivity contribution in [2.24, 2.45) is 0 Å². The fourth-order valence-corrected chi connectivity index (χ4v) is 2.11. The predicted molar refractivity (Wildman–Crippen MR) is 81.6 cm³/mol. The molecule has 0 bridgehead atoms. The molecular formula is C15H18F2N4O2. The van der Waals surface area contributed by atoms with Gasteiger partial charge in [-0.2, -0.15) is 5.10 Å². The van der Waals surface area contributed by atoms with E-state index in [-0.39, 0.29) is 17.5 Å². The molecule has 0 fully saturated rings. The van der Waals surface area contributed by atoms with E-state index >= 15 is 0 Å². The zero-order valence-corrected chi connectivity index (χ0v) is 13.0. The second-order valence-electron chi connectivity index (χ2n) is 5.21. The molecule has 1 aromatic carbocycles. The second-order valence-corrected chi connectivity index (χ2v) is 5.21. The molecule has 2 aromatic rings. The molecule has 0 radical (unpaired) electrons. The average Bonchev–Trinajstić information content (AvgIpc) is 2.87. The van der Waals surface area contributed by atoms with Gasteiger partial charge in [-0.25, -0.2) is 13.6 Å². The molecule has 0 spiro atoms. The van der Waals surface area contributed by atoms with Gasteiger partial charge in [0, 0.05) is 30.3 Å². The van der Waals surface area contributed by atoms with Crippen molar-refractivity contribution in [3.63, 3.8) is 0 Å². The predicted octanol–water partition coefficient (Wildman–Crippen LogP) is 2.76. The maximum atomic E-state index is 13.8. The standard InChI is InChI=1S/C15H18F2N4O2/c1-8(4-10-5-9(2)20-21-10)18-15(22)19-13-6-12(17)14(23-3)7-11(13)16/h5-8H,4H2,1-3H3,(H,20,21)(H2,18,19,22)/t8-/m0/s1. The number of halogens is 2. The Labute approximate surface area is 132 Å². The van der Waals surface area contributed by atoms with Crippen LogP contribution >= 0.6 is 0 Å².